The molecule has 7 nitrogen and oxygen atoms in total. The number of phenolic OH excluding ortho intramolecular Hbond substituents is 1. The second kappa shape index (κ2) is 9.99. The van der Waals surface area contributed by atoms with Crippen LogP contribution in [0.15, 0.2) is 90.0 Å². The van der Waals surface area contributed by atoms with E-state index in [9.17, 15) is 14.7 Å². The minimum Gasteiger partial charge on any atom is -0.505 e. The van der Waals surface area contributed by atoms with E-state index in [0.717, 1.165) is 24.0 Å². The summed E-state index contributed by atoms with van der Waals surface area (Å²) < 4.78 is 0. The zero-order valence-corrected chi connectivity index (χ0v) is 20.2. The Morgan fingerprint density at radius 3 is 2.30 bits per heavy atom. The number of hydrogen-bond acceptors (Lipinski definition) is 5. The highest BCUT2D eigenvalue weighted by atomic mass is 16.4. The van der Waals surface area contributed by atoms with Crippen LogP contribution in [0, 0.1) is 0 Å². The number of carboxylic acids is 1. The highest BCUT2D eigenvalue weighted by Gasteiger charge is 2.26. The van der Waals surface area contributed by atoms with Gasteiger partial charge in [-0.2, -0.15) is 5.10 Å². The van der Waals surface area contributed by atoms with Crippen LogP contribution in [-0.4, -0.2) is 27.8 Å². The first-order chi connectivity index (χ1) is 17.9. The van der Waals surface area contributed by atoms with Gasteiger partial charge in [0.15, 0.2) is 5.71 Å². The summed E-state index contributed by atoms with van der Waals surface area (Å²) in [5.74, 6) is -1.41. The van der Waals surface area contributed by atoms with Gasteiger partial charge in [-0.1, -0.05) is 67.9 Å². The minimum atomic E-state index is -1.02. The summed E-state index contributed by atoms with van der Waals surface area (Å²) in [6.45, 7) is 2.16. The van der Waals surface area contributed by atoms with E-state index in [0.29, 0.717) is 28.1 Å². The molecule has 37 heavy (non-hydrogen) atoms. The lowest BCUT2D eigenvalue weighted by Crippen LogP contribution is -2.15. The van der Waals surface area contributed by atoms with Crippen LogP contribution < -0.4 is 10.7 Å². The number of hydrazone groups is 1. The standard InChI is InChI=1S/C30H25N3O4/c1-2-4-18-7-9-19(10-8-18)22-15-16-24-26(17-22)31-29(35)27(24)33-32-25-6-3-5-23(28(25)34)20-11-13-21(14-12-20)30(36)37/h3,5-17,32,34H,2,4H2,1H3,(H,36,37)(H,31,33,35). The van der Waals surface area contributed by atoms with Crippen molar-refractivity contribution in [2.75, 3.05) is 10.7 Å². The lowest BCUT2D eigenvalue weighted by atomic mass is 10.00. The van der Waals surface area contributed by atoms with E-state index in [-0.39, 0.29) is 22.9 Å². The molecule has 7 heteroatoms. The molecule has 1 aliphatic rings. The quantitative estimate of drug-likeness (QED) is 0.183. The number of hydrogen-bond donors (Lipinski definition) is 4. The molecule has 0 aromatic heterocycles. The molecule has 1 heterocycles. The molecule has 4 N–H and O–H groups in total. The first kappa shape index (κ1) is 23.8. The fraction of sp³-hybridized carbons (Fsp3) is 0.100. The highest BCUT2D eigenvalue weighted by molar-refractivity contribution is 6.54. The predicted molar refractivity (Wildman–Crippen MR) is 145 cm³/mol. The average molecular weight is 492 g/mol. The molecular weight excluding hydrogens is 466 g/mol. The first-order valence-electron chi connectivity index (χ1n) is 12.0. The number of phenols is 1. The summed E-state index contributed by atoms with van der Waals surface area (Å²) in [5, 5.41) is 27.1. The van der Waals surface area contributed by atoms with Gasteiger partial charge in [0.1, 0.15) is 5.75 Å². The van der Waals surface area contributed by atoms with Gasteiger partial charge in [0.05, 0.1) is 16.9 Å². The third-order valence-electron chi connectivity index (χ3n) is 6.33. The monoisotopic (exact) mass is 491 g/mol. The van der Waals surface area contributed by atoms with Crippen LogP contribution in [0.5, 0.6) is 5.75 Å². The Hall–Kier alpha value is -4.91. The third-order valence-corrected chi connectivity index (χ3v) is 6.33. The topological polar surface area (TPSA) is 111 Å². The van der Waals surface area contributed by atoms with Crippen LogP contribution in [0.4, 0.5) is 11.4 Å². The number of carboxylic acid groups (broad SMARTS) is 1. The SMILES string of the molecule is CCCc1ccc(-c2ccc3c(c2)NC(=O)C3=NNc2cccc(-c3ccc(C(=O)O)cc3)c2O)cc1. The van der Waals surface area contributed by atoms with Crippen molar-refractivity contribution < 1.29 is 19.8 Å². The van der Waals surface area contributed by atoms with Crippen molar-refractivity contribution in [2.45, 2.75) is 19.8 Å². The highest BCUT2D eigenvalue weighted by Crippen LogP contribution is 2.36. The van der Waals surface area contributed by atoms with Crippen molar-refractivity contribution >= 4 is 29.0 Å². The predicted octanol–water partition coefficient (Wildman–Crippen LogP) is 6.15. The number of carbonyl (C=O) groups is 2. The van der Waals surface area contributed by atoms with Crippen LogP contribution in [0.3, 0.4) is 0 Å². The fourth-order valence-corrected chi connectivity index (χ4v) is 4.38. The van der Waals surface area contributed by atoms with Gasteiger partial charge in [0, 0.05) is 11.1 Å². The molecule has 1 aliphatic heterocycles. The summed E-state index contributed by atoms with van der Waals surface area (Å²) in [7, 11) is 0. The molecule has 0 bridgehead atoms. The maximum Gasteiger partial charge on any atom is 0.335 e. The summed E-state index contributed by atoms with van der Waals surface area (Å²) in [6.07, 6.45) is 2.14. The Balaban J connectivity index is 1.39. The number of para-hydroxylation sites is 1. The largest absolute Gasteiger partial charge is 0.505 e. The van der Waals surface area contributed by atoms with E-state index < -0.39 is 5.97 Å². The Bertz CT molecular complexity index is 1520. The molecule has 184 valence electrons. The summed E-state index contributed by atoms with van der Waals surface area (Å²) in [5.41, 5.74) is 9.37. The fourth-order valence-electron chi connectivity index (χ4n) is 4.38. The first-order valence-corrected chi connectivity index (χ1v) is 12.0. The summed E-state index contributed by atoms with van der Waals surface area (Å²) >= 11 is 0. The van der Waals surface area contributed by atoms with Gasteiger partial charge < -0.3 is 15.5 Å². The van der Waals surface area contributed by atoms with Crippen LogP contribution in [0.25, 0.3) is 22.3 Å². The van der Waals surface area contributed by atoms with Crippen molar-refractivity contribution in [1.82, 2.24) is 0 Å². The lowest BCUT2D eigenvalue weighted by Gasteiger charge is -2.10. The average Bonchev–Trinajstić information content (AvgIpc) is 3.22. The molecule has 0 saturated heterocycles. The zero-order chi connectivity index (χ0) is 25.9. The maximum atomic E-state index is 12.7. The number of amides is 1. The maximum absolute atomic E-state index is 12.7. The number of nitrogens with zero attached hydrogens (tertiary/aromatic N) is 1. The number of anilines is 2. The van der Waals surface area contributed by atoms with Gasteiger partial charge in [-0.05, 0) is 59.0 Å². The molecule has 0 saturated carbocycles. The van der Waals surface area contributed by atoms with Gasteiger partial charge >= 0.3 is 5.97 Å². The number of aromatic carboxylic acids is 1. The van der Waals surface area contributed by atoms with Crippen molar-refractivity contribution in [3.05, 3.63) is 102 Å². The van der Waals surface area contributed by atoms with Gasteiger partial charge in [-0.15, -0.1) is 0 Å². The van der Waals surface area contributed by atoms with E-state index in [2.05, 4.69) is 47.0 Å². The molecule has 0 unspecified atom stereocenters. The number of fused-ring (bicyclic) bond motifs is 1. The molecule has 4 aromatic carbocycles. The van der Waals surface area contributed by atoms with Crippen LogP contribution in [-0.2, 0) is 11.2 Å². The molecule has 0 aliphatic carbocycles. The van der Waals surface area contributed by atoms with Crippen molar-refractivity contribution in [1.29, 1.82) is 0 Å². The van der Waals surface area contributed by atoms with Gasteiger partial charge in [0.2, 0.25) is 0 Å². The van der Waals surface area contributed by atoms with E-state index in [1.807, 2.05) is 18.2 Å². The van der Waals surface area contributed by atoms with E-state index in [4.69, 9.17) is 5.11 Å². The Morgan fingerprint density at radius 2 is 1.59 bits per heavy atom. The van der Waals surface area contributed by atoms with Gasteiger partial charge in [-0.3, -0.25) is 10.2 Å². The van der Waals surface area contributed by atoms with Crippen LogP contribution >= 0.6 is 0 Å². The van der Waals surface area contributed by atoms with Gasteiger partial charge in [0.25, 0.3) is 5.91 Å². The summed E-state index contributed by atoms with van der Waals surface area (Å²) in [6, 6.07) is 25.5. The molecular formula is C30H25N3O4. The van der Waals surface area contributed by atoms with Crippen molar-refractivity contribution in [3.8, 4) is 28.0 Å². The summed E-state index contributed by atoms with van der Waals surface area (Å²) in [4.78, 5) is 23.8. The van der Waals surface area contributed by atoms with E-state index in [1.54, 1.807) is 30.3 Å². The molecule has 5 rings (SSSR count). The minimum absolute atomic E-state index is 0.0598. The Morgan fingerprint density at radius 1 is 0.892 bits per heavy atom. The smallest absolute Gasteiger partial charge is 0.335 e. The molecule has 0 atom stereocenters. The molecule has 1 amide bonds. The third kappa shape index (κ3) is 4.79. The number of benzene rings is 4. The van der Waals surface area contributed by atoms with Crippen molar-refractivity contribution in [2.24, 2.45) is 5.10 Å². The number of rotatable bonds is 7. The van der Waals surface area contributed by atoms with Crippen molar-refractivity contribution in [3.63, 3.8) is 0 Å². The van der Waals surface area contributed by atoms with Gasteiger partial charge in [-0.25, -0.2) is 4.79 Å². The van der Waals surface area contributed by atoms with E-state index >= 15 is 0 Å². The normalized spacial score (nSPS) is 13.3. The van der Waals surface area contributed by atoms with Crippen LogP contribution in [0.1, 0.15) is 34.8 Å². The number of nitrogens with one attached hydrogen (secondary N) is 2. The molecule has 4 aromatic rings. The zero-order valence-electron chi connectivity index (χ0n) is 20.2. The van der Waals surface area contributed by atoms with E-state index in [1.165, 1.54) is 17.7 Å². The molecule has 0 fully saturated rings. The number of carbonyl (C=O) groups excluding carboxylic acids is 1. The molecule has 0 spiro atoms. The molecule has 0 radical (unpaired) electrons. The number of aromatic hydroxyl groups is 1. The number of aryl methyl sites for hydroxylation is 1. The lowest BCUT2D eigenvalue weighted by molar-refractivity contribution is -0.110. The Labute approximate surface area is 214 Å². The van der Waals surface area contributed by atoms with Crippen LogP contribution in [0.2, 0.25) is 0 Å². The Kier molecular flexibility index (Phi) is 6.43. The second-order valence-electron chi connectivity index (χ2n) is 8.82. The second-order valence-corrected chi connectivity index (χ2v) is 8.82.